The van der Waals surface area contributed by atoms with Crippen molar-refractivity contribution in [3.8, 4) is 44.5 Å². The Kier molecular flexibility index (Phi) is 7.72. The fourth-order valence-electron chi connectivity index (χ4n) is 7.49. The molecule has 50 heavy (non-hydrogen) atoms. The Hall–Kier alpha value is -5.46. The molecule has 0 heterocycles. The molecule has 0 saturated heterocycles. The summed E-state index contributed by atoms with van der Waals surface area (Å²) in [5, 5.41) is 7.68. The van der Waals surface area contributed by atoms with Crippen LogP contribution in [0.2, 0.25) is 0 Å². The van der Waals surface area contributed by atoms with Crippen molar-refractivity contribution in [3.05, 3.63) is 169 Å². The summed E-state index contributed by atoms with van der Waals surface area (Å²) in [6.45, 7) is 13.9. The molecule has 0 spiro atoms. The van der Waals surface area contributed by atoms with E-state index in [-0.39, 0.29) is 10.8 Å². The molecule has 0 aliphatic rings. The molecule has 0 amide bonds. The van der Waals surface area contributed by atoms with Crippen molar-refractivity contribution in [2.75, 3.05) is 0 Å². The standard InChI is InChI=1S/C50H44/c1-49(2,3)41-23-25-43-45(31-41)47(37-22-21-35-19-13-14-20-36(35)27-37)46-32-42(50(4,5)6)24-26-44(46)48(43)40-29-38(33-15-9-7-10-16-33)28-39(30-40)34-17-11-8-12-18-34/h7-32H,1-6H3. The van der Waals surface area contributed by atoms with Gasteiger partial charge in [0.2, 0.25) is 0 Å². The summed E-state index contributed by atoms with van der Waals surface area (Å²) in [6.07, 6.45) is 0. The van der Waals surface area contributed by atoms with Crippen LogP contribution in [0.15, 0.2) is 158 Å². The summed E-state index contributed by atoms with van der Waals surface area (Å²) in [6, 6.07) is 58.9. The molecular weight excluding hydrogens is 601 g/mol. The zero-order chi connectivity index (χ0) is 34.6. The molecule has 0 fully saturated rings. The van der Waals surface area contributed by atoms with Crippen molar-refractivity contribution in [1.82, 2.24) is 0 Å². The molecule has 0 N–H and O–H groups in total. The molecule has 0 heteroatoms. The first kappa shape index (κ1) is 31.8. The van der Waals surface area contributed by atoms with Crippen LogP contribution in [0, 0.1) is 0 Å². The Morgan fingerprint density at radius 1 is 0.280 bits per heavy atom. The van der Waals surface area contributed by atoms with Crippen molar-refractivity contribution >= 4 is 32.3 Å². The Morgan fingerprint density at radius 2 is 0.720 bits per heavy atom. The first-order valence-electron chi connectivity index (χ1n) is 17.8. The Labute approximate surface area is 297 Å². The number of hydrogen-bond acceptors (Lipinski definition) is 0. The average molecular weight is 645 g/mol. The highest BCUT2D eigenvalue weighted by Crippen LogP contribution is 2.47. The first-order valence-corrected chi connectivity index (χ1v) is 17.8. The third-order valence-electron chi connectivity index (χ3n) is 10.3. The minimum absolute atomic E-state index is 0.00489. The lowest BCUT2D eigenvalue weighted by molar-refractivity contribution is 0.591. The molecule has 0 nitrogen and oxygen atoms in total. The fraction of sp³-hybridized carbons (Fsp3) is 0.160. The molecular formula is C50H44. The van der Waals surface area contributed by atoms with Gasteiger partial charge in [0, 0.05) is 0 Å². The van der Waals surface area contributed by atoms with E-state index in [1.807, 2.05) is 0 Å². The molecule has 0 aliphatic carbocycles. The molecule has 0 radical (unpaired) electrons. The topological polar surface area (TPSA) is 0 Å². The van der Waals surface area contributed by atoms with Gasteiger partial charge in [-0.15, -0.1) is 0 Å². The van der Waals surface area contributed by atoms with Crippen LogP contribution in [0.25, 0.3) is 76.8 Å². The molecule has 0 atom stereocenters. The second kappa shape index (κ2) is 12.1. The predicted molar refractivity (Wildman–Crippen MR) is 218 cm³/mol. The maximum Gasteiger partial charge on any atom is -0.00259 e. The summed E-state index contributed by atoms with van der Waals surface area (Å²) in [5.74, 6) is 0. The molecule has 244 valence electrons. The molecule has 0 bridgehead atoms. The number of hydrogen-bond donors (Lipinski definition) is 0. The van der Waals surface area contributed by atoms with Gasteiger partial charge in [0.1, 0.15) is 0 Å². The fourth-order valence-corrected chi connectivity index (χ4v) is 7.49. The van der Waals surface area contributed by atoms with Gasteiger partial charge in [0.25, 0.3) is 0 Å². The van der Waals surface area contributed by atoms with E-state index in [0.717, 1.165) is 0 Å². The first-order chi connectivity index (χ1) is 24.0. The monoisotopic (exact) mass is 644 g/mol. The second-order valence-electron chi connectivity index (χ2n) is 15.9. The zero-order valence-electron chi connectivity index (χ0n) is 30.0. The van der Waals surface area contributed by atoms with Crippen LogP contribution in [0.5, 0.6) is 0 Å². The van der Waals surface area contributed by atoms with Crippen molar-refractivity contribution < 1.29 is 0 Å². The van der Waals surface area contributed by atoms with Gasteiger partial charge in [-0.25, -0.2) is 0 Å². The van der Waals surface area contributed by atoms with Gasteiger partial charge in [-0.2, -0.15) is 0 Å². The smallest absolute Gasteiger partial charge is 0.00259 e. The van der Waals surface area contributed by atoms with Crippen molar-refractivity contribution in [3.63, 3.8) is 0 Å². The largest absolute Gasteiger partial charge is 0.0622 e. The molecule has 8 rings (SSSR count). The quantitative estimate of drug-likeness (QED) is 0.167. The van der Waals surface area contributed by atoms with Crippen LogP contribution in [-0.2, 0) is 10.8 Å². The molecule has 8 aromatic rings. The molecule has 0 saturated carbocycles. The third-order valence-corrected chi connectivity index (χ3v) is 10.3. The zero-order valence-corrected chi connectivity index (χ0v) is 30.0. The van der Waals surface area contributed by atoms with Crippen LogP contribution in [-0.4, -0.2) is 0 Å². The van der Waals surface area contributed by atoms with E-state index in [4.69, 9.17) is 0 Å². The highest BCUT2D eigenvalue weighted by molar-refractivity contribution is 6.22. The predicted octanol–water partition coefficient (Wildman–Crippen LogP) is 14.4. The minimum atomic E-state index is 0.00489. The van der Waals surface area contributed by atoms with Crippen LogP contribution < -0.4 is 0 Å². The van der Waals surface area contributed by atoms with Crippen molar-refractivity contribution in [1.29, 1.82) is 0 Å². The normalized spacial score (nSPS) is 12.2. The minimum Gasteiger partial charge on any atom is -0.0622 e. The third kappa shape index (κ3) is 5.80. The number of rotatable bonds is 4. The summed E-state index contributed by atoms with van der Waals surface area (Å²) in [4.78, 5) is 0. The van der Waals surface area contributed by atoms with Crippen LogP contribution in [0.4, 0.5) is 0 Å². The summed E-state index contributed by atoms with van der Waals surface area (Å²) in [5.41, 5.74) is 12.7. The van der Waals surface area contributed by atoms with Crippen LogP contribution in [0.3, 0.4) is 0 Å². The second-order valence-corrected chi connectivity index (χ2v) is 15.9. The maximum absolute atomic E-state index is 2.48. The van der Waals surface area contributed by atoms with E-state index < -0.39 is 0 Å². The van der Waals surface area contributed by atoms with E-state index in [1.54, 1.807) is 0 Å². The van der Waals surface area contributed by atoms with E-state index >= 15 is 0 Å². The lowest BCUT2D eigenvalue weighted by Crippen LogP contribution is -2.11. The van der Waals surface area contributed by atoms with Gasteiger partial charge >= 0.3 is 0 Å². The van der Waals surface area contributed by atoms with E-state index in [2.05, 4.69) is 199 Å². The van der Waals surface area contributed by atoms with Crippen molar-refractivity contribution in [2.24, 2.45) is 0 Å². The average Bonchev–Trinajstić information content (AvgIpc) is 3.13. The van der Waals surface area contributed by atoms with Crippen LogP contribution >= 0.6 is 0 Å². The SMILES string of the molecule is CC(C)(C)c1ccc2c(-c3cc(-c4ccccc4)cc(-c4ccccc4)c3)c3ccc(C(C)(C)C)cc3c(-c3ccc4ccccc4c3)c2c1. The van der Waals surface area contributed by atoms with Gasteiger partial charge in [0.05, 0.1) is 0 Å². The summed E-state index contributed by atoms with van der Waals surface area (Å²) < 4.78 is 0. The van der Waals surface area contributed by atoms with Crippen molar-refractivity contribution in [2.45, 2.75) is 52.4 Å². The summed E-state index contributed by atoms with van der Waals surface area (Å²) in [7, 11) is 0. The Bertz CT molecular complexity index is 2390. The molecule has 8 aromatic carbocycles. The van der Waals surface area contributed by atoms with Gasteiger partial charge in [-0.3, -0.25) is 0 Å². The van der Waals surface area contributed by atoms with E-state index in [0.29, 0.717) is 0 Å². The number of benzene rings is 8. The summed E-state index contributed by atoms with van der Waals surface area (Å²) >= 11 is 0. The van der Waals surface area contributed by atoms with Gasteiger partial charge in [0.15, 0.2) is 0 Å². The van der Waals surface area contributed by atoms with Gasteiger partial charge in [-0.1, -0.05) is 163 Å². The van der Waals surface area contributed by atoms with Gasteiger partial charge in [-0.05, 0) is 135 Å². The maximum atomic E-state index is 2.48. The van der Waals surface area contributed by atoms with Crippen LogP contribution in [0.1, 0.15) is 52.7 Å². The molecule has 0 unspecified atom stereocenters. The Balaban J connectivity index is 1.54. The highest BCUT2D eigenvalue weighted by atomic mass is 14.3. The van der Waals surface area contributed by atoms with E-state index in [9.17, 15) is 0 Å². The molecule has 0 aliphatic heterocycles. The lowest BCUT2D eigenvalue weighted by Gasteiger charge is -2.25. The Morgan fingerprint density at radius 3 is 1.22 bits per heavy atom. The lowest BCUT2D eigenvalue weighted by atomic mass is 9.79. The highest BCUT2D eigenvalue weighted by Gasteiger charge is 2.23. The van der Waals surface area contributed by atoms with E-state index in [1.165, 1.54) is 88.0 Å². The number of fused-ring (bicyclic) bond motifs is 3. The molecule has 0 aromatic heterocycles. The van der Waals surface area contributed by atoms with Gasteiger partial charge < -0.3 is 0 Å².